The van der Waals surface area contributed by atoms with Crippen LogP contribution in [0, 0.1) is 0 Å². The zero-order chi connectivity index (χ0) is 16.1. The Hall–Kier alpha value is -2.41. The summed E-state index contributed by atoms with van der Waals surface area (Å²) in [5.41, 5.74) is 0.603. The lowest BCUT2D eigenvalue weighted by atomic mass is 10.3. The van der Waals surface area contributed by atoms with Crippen LogP contribution in [0.1, 0.15) is 20.3 Å². The fraction of sp³-hybridized carbons (Fsp3) is 0.400. The summed E-state index contributed by atoms with van der Waals surface area (Å²) in [6.07, 6.45) is -0.919. The highest BCUT2D eigenvalue weighted by atomic mass is 16.7. The fourth-order valence-electron chi connectivity index (χ4n) is 1.98. The number of hydrogen-bond acceptors (Lipinski definition) is 6. The lowest BCUT2D eigenvalue weighted by Crippen LogP contribution is -2.27. The summed E-state index contributed by atoms with van der Waals surface area (Å²) in [6, 6.07) is 7.01. The standard InChI is InChI=1S/C15H18N2O5/c1-10(2)21-15(20)22-13-14(19)17(8-5-9-18)12-7-4-3-6-11(12)16-13/h3-4,6-7,10,18H,5,8-9H2,1-2H3. The SMILES string of the molecule is CC(C)OC(=O)Oc1nc2ccccc2n(CCCO)c1=O. The number of carbonyl (C=O) groups excluding carboxylic acids is 1. The Balaban J connectivity index is 2.44. The van der Waals surface area contributed by atoms with Gasteiger partial charge in [0.25, 0.3) is 5.88 Å². The van der Waals surface area contributed by atoms with Crippen molar-refractivity contribution in [3.8, 4) is 5.88 Å². The average Bonchev–Trinajstić information content (AvgIpc) is 2.46. The van der Waals surface area contributed by atoms with Gasteiger partial charge in [0.2, 0.25) is 0 Å². The fourth-order valence-corrected chi connectivity index (χ4v) is 1.98. The summed E-state index contributed by atoms with van der Waals surface area (Å²) in [5.74, 6) is -0.331. The van der Waals surface area contributed by atoms with E-state index < -0.39 is 11.7 Å². The van der Waals surface area contributed by atoms with Crippen molar-refractivity contribution in [2.45, 2.75) is 32.9 Å². The molecule has 2 rings (SSSR count). The third kappa shape index (κ3) is 3.62. The molecular formula is C15H18N2O5. The normalized spacial score (nSPS) is 10.9. The molecule has 0 fully saturated rings. The van der Waals surface area contributed by atoms with E-state index in [4.69, 9.17) is 14.6 Å². The molecule has 7 nitrogen and oxygen atoms in total. The number of carbonyl (C=O) groups is 1. The van der Waals surface area contributed by atoms with Gasteiger partial charge in [0, 0.05) is 13.2 Å². The molecular weight excluding hydrogens is 288 g/mol. The second-order valence-corrected chi connectivity index (χ2v) is 4.96. The van der Waals surface area contributed by atoms with E-state index in [1.165, 1.54) is 4.57 Å². The molecule has 0 radical (unpaired) electrons. The lowest BCUT2D eigenvalue weighted by Gasteiger charge is -2.12. The lowest BCUT2D eigenvalue weighted by molar-refractivity contribution is 0.0710. The molecule has 1 heterocycles. The number of nitrogens with zero attached hydrogens (tertiary/aromatic N) is 2. The van der Waals surface area contributed by atoms with Crippen LogP contribution in [0.3, 0.4) is 0 Å². The average molecular weight is 306 g/mol. The molecule has 22 heavy (non-hydrogen) atoms. The smallest absolute Gasteiger partial charge is 0.431 e. The minimum Gasteiger partial charge on any atom is -0.431 e. The van der Waals surface area contributed by atoms with Crippen molar-refractivity contribution in [3.05, 3.63) is 34.6 Å². The van der Waals surface area contributed by atoms with E-state index in [1.807, 2.05) is 0 Å². The number of aliphatic hydroxyl groups is 1. The van der Waals surface area contributed by atoms with Crippen LogP contribution in [0.4, 0.5) is 4.79 Å². The summed E-state index contributed by atoms with van der Waals surface area (Å²) in [5, 5.41) is 8.97. The molecule has 1 aromatic heterocycles. The summed E-state index contributed by atoms with van der Waals surface area (Å²) in [4.78, 5) is 28.0. The monoisotopic (exact) mass is 306 g/mol. The summed E-state index contributed by atoms with van der Waals surface area (Å²) >= 11 is 0. The van der Waals surface area contributed by atoms with Crippen molar-refractivity contribution in [3.63, 3.8) is 0 Å². The molecule has 118 valence electrons. The summed E-state index contributed by atoms with van der Waals surface area (Å²) < 4.78 is 11.2. The van der Waals surface area contributed by atoms with Gasteiger partial charge >= 0.3 is 11.7 Å². The molecule has 0 atom stereocenters. The van der Waals surface area contributed by atoms with Crippen molar-refractivity contribution in [2.24, 2.45) is 0 Å². The molecule has 0 bridgehead atoms. The molecule has 0 aliphatic heterocycles. The Labute approximate surface area is 127 Å². The number of aryl methyl sites for hydroxylation is 1. The molecule has 2 aromatic rings. The number of hydrogen-bond donors (Lipinski definition) is 1. The maximum Gasteiger partial charge on any atom is 0.515 e. The van der Waals surface area contributed by atoms with Crippen LogP contribution < -0.4 is 10.3 Å². The van der Waals surface area contributed by atoms with Crippen LogP contribution in [0.5, 0.6) is 5.88 Å². The predicted molar refractivity (Wildman–Crippen MR) is 80.0 cm³/mol. The maximum absolute atomic E-state index is 12.4. The van der Waals surface area contributed by atoms with Gasteiger partial charge in [0.1, 0.15) is 0 Å². The molecule has 1 N–H and O–H groups in total. The first kappa shape index (κ1) is 16.0. The largest absolute Gasteiger partial charge is 0.515 e. The van der Waals surface area contributed by atoms with Crippen LogP contribution in [0.15, 0.2) is 29.1 Å². The van der Waals surface area contributed by atoms with Gasteiger partial charge in [-0.15, -0.1) is 0 Å². The van der Waals surface area contributed by atoms with Gasteiger partial charge in [0.15, 0.2) is 0 Å². The van der Waals surface area contributed by atoms with Crippen molar-refractivity contribution in [2.75, 3.05) is 6.61 Å². The highest BCUT2D eigenvalue weighted by Crippen LogP contribution is 2.14. The molecule has 0 aliphatic carbocycles. The maximum atomic E-state index is 12.4. The first-order valence-corrected chi connectivity index (χ1v) is 7.02. The molecule has 0 unspecified atom stereocenters. The van der Waals surface area contributed by atoms with Gasteiger partial charge < -0.3 is 19.1 Å². The minimum absolute atomic E-state index is 0.0470. The topological polar surface area (TPSA) is 90.7 Å². The Morgan fingerprint density at radius 1 is 1.36 bits per heavy atom. The van der Waals surface area contributed by atoms with Crippen molar-refractivity contribution in [1.29, 1.82) is 0 Å². The molecule has 0 saturated carbocycles. The Kier molecular flexibility index (Phi) is 5.11. The molecule has 1 aromatic carbocycles. The number of rotatable bonds is 5. The first-order chi connectivity index (χ1) is 10.5. The quantitative estimate of drug-likeness (QED) is 0.846. The number of fused-ring (bicyclic) bond motifs is 1. The zero-order valence-electron chi connectivity index (χ0n) is 12.5. The van der Waals surface area contributed by atoms with Gasteiger partial charge in [-0.1, -0.05) is 12.1 Å². The Bertz CT molecular complexity index is 723. The highest BCUT2D eigenvalue weighted by Gasteiger charge is 2.16. The van der Waals surface area contributed by atoms with E-state index in [-0.39, 0.29) is 18.6 Å². The minimum atomic E-state index is -0.969. The van der Waals surface area contributed by atoms with Crippen LogP contribution in [-0.2, 0) is 11.3 Å². The predicted octanol–water partition coefficient (Wildman–Crippen LogP) is 1.70. The first-order valence-electron chi connectivity index (χ1n) is 7.02. The van der Waals surface area contributed by atoms with Gasteiger partial charge in [-0.05, 0) is 32.4 Å². The van der Waals surface area contributed by atoms with E-state index in [1.54, 1.807) is 38.1 Å². The summed E-state index contributed by atoms with van der Waals surface area (Å²) in [6.45, 7) is 3.60. The molecule has 7 heteroatoms. The second kappa shape index (κ2) is 7.04. The van der Waals surface area contributed by atoms with E-state index in [9.17, 15) is 9.59 Å². The number of ether oxygens (including phenoxy) is 2. The van der Waals surface area contributed by atoms with Crippen LogP contribution >= 0.6 is 0 Å². The van der Waals surface area contributed by atoms with Crippen LogP contribution in [-0.4, -0.2) is 33.5 Å². The van der Waals surface area contributed by atoms with Crippen molar-refractivity contribution in [1.82, 2.24) is 9.55 Å². The third-order valence-electron chi connectivity index (χ3n) is 2.87. The van der Waals surface area contributed by atoms with Gasteiger partial charge in [0.05, 0.1) is 17.1 Å². The number of aliphatic hydroxyl groups excluding tert-OH is 1. The van der Waals surface area contributed by atoms with E-state index >= 15 is 0 Å². The second-order valence-electron chi connectivity index (χ2n) is 4.96. The van der Waals surface area contributed by atoms with Crippen LogP contribution in [0.2, 0.25) is 0 Å². The number of para-hydroxylation sites is 2. The van der Waals surface area contributed by atoms with Gasteiger partial charge in [-0.2, -0.15) is 0 Å². The van der Waals surface area contributed by atoms with Gasteiger partial charge in [-0.3, -0.25) is 4.79 Å². The Morgan fingerprint density at radius 2 is 2.09 bits per heavy atom. The number of benzene rings is 1. The summed E-state index contributed by atoms with van der Waals surface area (Å²) in [7, 11) is 0. The Morgan fingerprint density at radius 3 is 2.77 bits per heavy atom. The third-order valence-corrected chi connectivity index (χ3v) is 2.87. The molecule has 0 amide bonds. The van der Waals surface area contributed by atoms with E-state index in [0.717, 1.165) is 0 Å². The van der Waals surface area contributed by atoms with Gasteiger partial charge in [-0.25, -0.2) is 9.78 Å². The molecule has 0 spiro atoms. The zero-order valence-corrected chi connectivity index (χ0v) is 12.5. The van der Waals surface area contributed by atoms with Crippen LogP contribution in [0.25, 0.3) is 11.0 Å². The number of aromatic nitrogens is 2. The van der Waals surface area contributed by atoms with E-state index in [0.29, 0.717) is 24.0 Å². The van der Waals surface area contributed by atoms with E-state index in [2.05, 4.69) is 4.98 Å². The van der Waals surface area contributed by atoms with Crippen molar-refractivity contribution < 1.29 is 19.4 Å². The molecule has 0 aliphatic rings. The van der Waals surface area contributed by atoms with Crippen molar-refractivity contribution >= 4 is 17.2 Å². The highest BCUT2D eigenvalue weighted by molar-refractivity contribution is 5.75. The molecule has 0 saturated heterocycles.